The van der Waals surface area contributed by atoms with Crippen molar-refractivity contribution in [1.82, 2.24) is 19.6 Å². The maximum atomic E-state index is 14.7. The monoisotopic (exact) mass is 655 g/mol. The lowest BCUT2D eigenvalue weighted by molar-refractivity contribution is -0.0896. The summed E-state index contributed by atoms with van der Waals surface area (Å²) in [5.74, 6) is -1.95. The number of amides is 1. The fourth-order valence-corrected chi connectivity index (χ4v) is 5.32. The van der Waals surface area contributed by atoms with Gasteiger partial charge >= 0.3 is 0 Å². The summed E-state index contributed by atoms with van der Waals surface area (Å²) in [4.78, 5) is 30.1. The molecule has 3 aromatic carbocycles. The molecule has 0 saturated heterocycles. The van der Waals surface area contributed by atoms with Crippen molar-refractivity contribution in [3.63, 3.8) is 0 Å². The molecule has 236 valence electrons. The van der Waals surface area contributed by atoms with Gasteiger partial charge in [0, 0.05) is 62.5 Å². The van der Waals surface area contributed by atoms with Gasteiger partial charge in [0.15, 0.2) is 6.29 Å². The van der Waals surface area contributed by atoms with Crippen LogP contribution in [-0.4, -0.2) is 47.7 Å². The Bertz CT molecular complexity index is 1850. The number of H-pyrrole nitrogens is 1. The number of halogens is 3. The van der Waals surface area contributed by atoms with Crippen LogP contribution in [0.4, 0.5) is 14.5 Å². The second-order valence-electron chi connectivity index (χ2n) is 9.69. The lowest BCUT2D eigenvalue weighted by atomic mass is 10.0. The summed E-state index contributed by atoms with van der Waals surface area (Å²) in [6, 6.07) is 19.0. The van der Waals surface area contributed by atoms with E-state index in [1.165, 1.54) is 12.3 Å². The van der Waals surface area contributed by atoms with Crippen LogP contribution in [0.5, 0.6) is 0 Å². The van der Waals surface area contributed by atoms with E-state index in [-0.39, 0.29) is 23.4 Å². The predicted molar refractivity (Wildman–Crippen MR) is 174 cm³/mol. The number of pyridine rings is 1. The normalized spacial score (nSPS) is 11.5. The highest BCUT2D eigenvalue weighted by molar-refractivity contribution is 7.98. The second kappa shape index (κ2) is 15.7. The number of fused-ring (bicyclic) bond motifs is 1. The molecule has 9 nitrogen and oxygen atoms in total. The first kappa shape index (κ1) is 33.7. The third-order valence-electron chi connectivity index (χ3n) is 6.52. The average Bonchev–Trinajstić information content (AvgIpc) is 3.33. The molecule has 1 unspecified atom stereocenters. The minimum absolute atomic E-state index is 0.0857. The van der Waals surface area contributed by atoms with Crippen LogP contribution in [0.25, 0.3) is 22.0 Å². The van der Waals surface area contributed by atoms with E-state index in [4.69, 9.17) is 16.7 Å². The van der Waals surface area contributed by atoms with E-state index >= 15 is 0 Å². The van der Waals surface area contributed by atoms with Gasteiger partial charge in [-0.3, -0.25) is 19.6 Å². The largest absolute Gasteiger partial charge is 0.388 e. The zero-order valence-corrected chi connectivity index (χ0v) is 26.2. The number of anilines is 1. The van der Waals surface area contributed by atoms with Gasteiger partial charge in [-0.05, 0) is 80.5 Å². The summed E-state index contributed by atoms with van der Waals surface area (Å²) < 4.78 is 37.4. The minimum atomic E-state index is -0.746. The Morgan fingerprint density at radius 2 is 1.89 bits per heavy atom. The molecule has 0 aliphatic rings. The number of benzene rings is 3. The van der Waals surface area contributed by atoms with Crippen molar-refractivity contribution in [1.29, 1.82) is 0 Å². The summed E-state index contributed by atoms with van der Waals surface area (Å²) in [5, 5.41) is 15.1. The molecule has 5 aromatic rings. The van der Waals surface area contributed by atoms with Crippen molar-refractivity contribution in [2.45, 2.75) is 24.7 Å². The molecule has 2 aromatic heterocycles. The van der Waals surface area contributed by atoms with Crippen molar-refractivity contribution in [2.24, 2.45) is 0 Å². The molecular formula is C32H32ClF2N5O4S. The number of hydrogen-bond acceptors (Lipinski definition) is 7. The van der Waals surface area contributed by atoms with Gasteiger partial charge in [0.2, 0.25) is 0 Å². The first-order valence-corrected chi connectivity index (χ1v) is 14.9. The molecule has 0 aliphatic carbocycles. The topological polar surface area (TPSA) is 120 Å². The Morgan fingerprint density at radius 1 is 1.09 bits per heavy atom. The number of aliphatic hydroxyl groups excluding tert-OH is 1. The van der Waals surface area contributed by atoms with Crippen LogP contribution in [0.15, 0.2) is 88.7 Å². The number of rotatable bonds is 10. The first-order valence-electron chi connectivity index (χ1n) is 13.8. The van der Waals surface area contributed by atoms with Crippen LogP contribution < -0.4 is 20.9 Å². The molecule has 0 saturated carbocycles. The number of aliphatic hydroxyl groups is 1. The van der Waals surface area contributed by atoms with Gasteiger partial charge in [-0.1, -0.05) is 23.7 Å². The molecule has 1 amide bonds. The SMILES string of the molecule is CNCOC(C)O.CNc1cccc(SNC(=O)c2c(-c3ccc[nH]c3=O)c3cc(Cl)ccc3n2Cc2ccc(F)cc2F)c1. The van der Waals surface area contributed by atoms with Crippen molar-refractivity contribution >= 4 is 46.0 Å². The van der Waals surface area contributed by atoms with Gasteiger partial charge in [0.1, 0.15) is 17.3 Å². The van der Waals surface area contributed by atoms with Gasteiger partial charge < -0.3 is 24.7 Å². The maximum absolute atomic E-state index is 14.7. The summed E-state index contributed by atoms with van der Waals surface area (Å²) in [5.41, 5.74) is 1.96. The second-order valence-corrected chi connectivity index (χ2v) is 11.0. The summed E-state index contributed by atoms with van der Waals surface area (Å²) in [7, 11) is 3.55. The zero-order chi connectivity index (χ0) is 32.5. The number of aromatic nitrogens is 2. The summed E-state index contributed by atoms with van der Waals surface area (Å²) >= 11 is 7.43. The lowest BCUT2D eigenvalue weighted by Crippen LogP contribution is -2.22. The Morgan fingerprint density at radius 3 is 2.56 bits per heavy atom. The van der Waals surface area contributed by atoms with Gasteiger partial charge in [0.05, 0.1) is 13.3 Å². The summed E-state index contributed by atoms with van der Waals surface area (Å²) in [6.45, 7) is 1.88. The molecule has 45 heavy (non-hydrogen) atoms. The Kier molecular flexibility index (Phi) is 11.7. The predicted octanol–water partition coefficient (Wildman–Crippen LogP) is 5.97. The number of nitrogens with one attached hydrogen (secondary N) is 4. The average molecular weight is 656 g/mol. The van der Waals surface area contributed by atoms with E-state index in [1.54, 1.807) is 55.9 Å². The van der Waals surface area contributed by atoms with E-state index in [1.807, 2.05) is 24.3 Å². The van der Waals surface area contributed by atoms with E-state index in [2.05, 4.69) is 25.1 Å². The zero-order valence-electron chi connectivity index (χ0n) is 24.7. The van der Waals surface area contributed by atoms with Crippen LogP contribution >= 0.6 is 23.5 Å². The van der Waals surface area contributed by atoms with Crippen LogP contribution in [0.1, 0.15) is 23.0 Å². The van der Waals surface area contributed by atoms with E-state index in [0.717, 1.165) is 34.7 Å². The molecule has 13 heteroatoms. The molecule has 0 radical (unpaired) electrons. The van der Waals surface area contributed by atoms with Crippen LogP contribution in [0.2, 0.25) is 5.02 Å². The number of nitrogens with zero attached hydrogens (tertiary/aromatic N) is 1. The van der Waals surface area contributed by atoms with Crippen LogP contribution in [0.3, 0.4) is 0 Å². The highest BCUT2D eigenvalue weighted by atomic mass is 35.5. The van der Waals surface area contributed by atoms with Gasteiger partial charge in [0.25, 0.3) is 11.5 Å². The van der Waals surface area contributed by atoms with Gasteiger partial charge in [-0.15, -0.1) is 0 Å². The lowest BCUT2D eigenvalue weighted by Gasteiger charge is -2.13. The fraction of sp³-hybridized carbons (Fsp3) is 0.188. The van der Waals surface area contributed by atoms with E-state index < -0.39 is 29.4 Å². The number of carbonyl (C=O) groups excluding carboxylic acids is 1. The molecular weight excluding hydrogens is 624 g/mol. The molecule has 0 aliphatic heterocycles. The molecule has 2 heterocycles. The molecule has 0 spiro atoms. The number of hydrogen-bond donors (Lipinski definition) is 5. The number of aromatic amines is 1. The quantitative estimate of drug-likeness (QED) is 0.0928. The highest BCUT2D eigenvalue weighted by Crippen LogP contribution is 2.36. The van der Waals surface area contributed by atoms with E-state index in [0.29, 0.717) is 28.2 Å². The third-order valence-corrected chi connectivity index (χ3v) is 7.54. The smallest absolute Gasteiger partial charge is 0.278 e. The van der Waals surface area contributed by atoms with Gasteiger partial charge in [-0.25, -0.2) is 8.78 Å². The Hall–Kier alpha value is -4.20. The Labute approximate surface area is 267 Å². The van der Waals surface area contributed by atoms with Gasteiger partial charge in [-0.2, -0.15) is 0 Å². The molecule has 1 atom stereocenters. The van der Waals surface area contributed by atoms with Crippen molar-refractivity contribution < 1.29 is 23.4 Å². The third kappa shape index (κ3) is 8.50. The molecule has 5 N–H and O–H groups in total. The molecule has 0 fully saturated rings. The highest BCUT2D eigenvalue weighted by Gasteiger charge is 2.26. The standard InChI is InChI=1S/C28H21ClF2N4O2S.C4H11NO2/c1-32-19-4-2-5-20(14-19)38-34-28(37)26-25(21-6-3-11-33-27(21)36)22-12-17(29)8-10-24(22)35(26)15-16-7-9-18(30)13-23(16)31;1-4(6)7-3-5-2/h2-14,32H,15H2,1H3,(H,33,36)(H,34,37);4-6H,3H2,1-2H3. The van der Waals surface area contributed by atoms with Crippen LogP contribution in [-0.2, 0) is 11.3 Å². The minimum Gasteiger partial charge on any atom is -0.388 e. The van der Waals surface area contributed by atoms with Crippen molar-refractivity contribution in [3.8, 4) is 11.1 Å². The first-order chi connectivity index (χ1) is 21.6. The fourth-order valence-electron chi connectivity index (χ4n) is 4.51. The number of carbonyl (C=O) groups is 1. The summed E-state index contributed by atoms with van der Waals surface area (Å²) in [6.07, 6.45) is 0.837. The molecule has 5 rings (SSSR count). The van der Waals surface area contributed by atoms with Crippen LogP contribution in [0, 0.1) is 11.6 Å². The van der Waals surface area contributed by atoms with Crippen molar-refractivity contribution in [2.75, 3.05) is 26.1 Å². The van der Waals surface area contributed by atoms with Crippen molar-refractivity contribution in [3.05, 3.63) is 117 Å². The molecule has 0 bridgehead atoms. The maximum Gasteiger partial charge on any atom is 0.278 e. The van der Waals surface area contributed by atoms with E-state index in [9.17, 15) is 18.4 Å². The number of ether oxygens (including phenoxy) is 1. The Balaban J connectivity index is 0.000000591.